The fourth-order valence-corrected chi connectivity index (χ4v) is 2.08. The van der Waals surface area contributed by atoms with Gasteiger partial charge in [-0.15, -0.1) is 0 Å². The molecule has 1 aliphatic carbocycles. The second kappa shape index (κ2) is 6.09. The quantitative estimate of drug-likeness (QED) is 0.667. The SMILES string of the molecule is CC1CC1c1ccc(CCC(=O)NCC(O)C(N)=O)o1. The zero-order valence-corrected chi connectivity index (χ0v) is 11.5. The number of aliphatic hydroxyl groups is 1. The maximum atomic E-state index is 11.5. The molecule has 0 radical (unpaired) electrons. The number of primary amides is 1. The molecular weight excluding hydrogens is 260 g/mol. The fraction of sp³-hybridized carbons (Fsp3) is 0.571. The second-order valence-electron chi connectivity index (χ2n) is 5.35. The molecule has 110 valence electrons. The van der Waals surface area contributed by atoms with E-state index in [2.05, 4.69) is 12.2 Å². The second-order valence-corrected chi connectivity index (χ2v) is 5.35. The number of furan rings is 1. The van der Waals surface area contributed by atoms with E-state index in [9.17, 15) is 9.59 Å². The van der Waals surface area contributed by atoms with Gasteiger partial charge in [0.05, 0.1) is 6.54 Å². The van der Waals surface area contributed by atoms with Gasteiger partial charge in [0, 0.05) is 18.8 Å². The lowest BCUT2D eigenvalue weighted by Crippen LogP contribution is -2.40. The van der Waals surface area contributed by atoms with Crippen molar-refractivity contribution in [2.75, 3.05) is 6.54 Å². The summed E-state index contributed by atoms with van der Waals surface area (Å²) in [6, 6.07) is 3.87. The molecular formula is C14H20N2O4. The summed E-state index contributed by atoms with van der Waals surface area (Å²) in [5.41, 5.74) is 4.88. The lowest BCUT2D eigenvalue weighted by molar-refractivity contribution is -0.127. The van der Waals surface area contributed by atoms with E-state index in [1.165, 1.54) is 6.42 Å². The maximum Gasteiger partial charge on any atom is 0.248 e. The number of aryl methyl sites for hydroxylation is 1. The van der Waals surface area contributed by atoms with E-state index in [0.29, 0.717) is 18.3 Å². The van der Waals surface area contributed by atoms with Crippen LogP contribution < -0.4 is 11.1 Å². The molecule has 0 saturated heterocycles. The van der Waals surface area contributed by atoms with Gasteiger partial charge in [-0.2, -0.15) is 0 Å². The Hall–Kier alpha value is -1.82. The molecule has 0 spiro atoms. The van der Waals surface area contributed by atoms with Crippen molar-refractivity contribution >= 4 is 11.8 Å². The lowest BCUT2D eigenvalue weighted by atomic mass is 10.2. The molecule has 6 nitrogen and oxygen atoms in total. The summed E-state index contributed by atoms with van der Waals surface area (Å²) in [4.78, 5) is 22.1. The van der Waals surface area contributed by atoms with Crippen LogP contribution in [0.25, 0.3) is 0 Å². The molecule has 20 heavy (non-hydrogen) atoms. The third-order valence-electron chi connectivity index (χ3n) is 3.58. The Morgan fingerprint density at radius 3 is 2.85 bits per heavy atom. The summed E-state index contributed by atoms with van der Waals surface area (Å²) in [7, 11) is 0. The first-order valence-corrected chi connectivity index (χ1v) is 6.80. The van der Waals surface area contributed by atoms with Gasteiger partial charge in [0.1, 0.15) is 17.6 Å². The van der Waals surface area contributed by atoms with Gasteiger partial charge in [-0.1, -0.05) is 6.92 Å². The number of amides is 2. The van der Waals surface area contributed by atoms with Crippen LogP contribution in [0.1, 0.15) is 37.2 Å². The Kier molecular flexibility index (Phi) is 4.44. The first kappa shape index (κ1) is 14.6. The van der Waals surface area contributed by atoms with Crippen LogP contribution in [0.15, 0.2) is 16.5 Å². The zero-order chi connectivity index (χ0) is 14.7. The molecule has 1 fully saturated rings. The molecule has 0 aromatic carbocycles. The summed E-state index contributed by atoms with van der Waals surface area (Å²) < 4.78 is 5.69. The predicted molar refractivity (Wildman–Crippen MR) is 71.8 cm³/mol. The van der Waals surface area contributed by atoms with E-state index in [1.54, 1.807) is 0 Å². The number of nitrogens with two attached hydrogens (primary N) is 1. The van der Waals surface area contributed by atoms with Gasteiger partial charge in [-0.25, -0.2) is 0 Å². The molecule has 3 unspecified atom stereocenters. The topological polar surface area (TPSA) is 106 Å². The van der Waals surface area contributed by atoms with Crippen LogP contribution in [0.5, 0.6) is 0 Å². The molecule has 3 atom stereocenters. The minimum absolute atomic E-state index is 0.156. The molecule has 0 bridgehead atoms. The van der Waals surface area contributed by atoms with Crippen molar-refractivity contribution in [2.24, 2.45) is 11.7 Å². The minimum Gasteiger partial charge on any atom is -0.466 e. The number of hydrogen-bond donors (Lipinski definition) is 3. The van der Waals surface area contributed by atoms with E-state index >= 15 is 0 Å². The summed E-state index contributed by atoms with van der Waals surface area (Å²) in [5, 5.41) is 11.6. The lowest BCUT2D eigenvalue weighted by Gasteiger charge is -2.07. The largest absolute Gasteiger partial charge is 0.466 e. The Morgan fingerprint density at radius 2 is 2.25 bits per heavy atom. The molecule has 2 amide bonds. The van der Waals surface area contributed by atoms with E-state index in [4.69, 9.17) is 15.3 Å². The predicted octanol–water partition coefficient (Wildman–Crippen LogP) is 0.298. The van der Waals surface area contributed by atoms with E-state index in [1.807, 2.05) is 12.1 Å². The first-order chi connectivity index (χ1) is 9.47. The number of carbonyl (C=O) groups excluding carboxylic acids is 2. The van der Waals surface area contributed by atoms with Crippen molar-refractivity contribution in [1.82, 2.24) is 5.32 Å². The van der Waals surface area contributed by atoms with Crippen molar-refractivity contribution in [3.05, 3.63) is 23.7 Å². The Bertz CT molecular complexity index is 497. The van der Waals surface area contributed by atoms with Crippen LogP contribution >= 0.6 is 0 Å². The van der Waals surface area contributed by atoms with E-state index < -0.39 is 12.0 Å². The molecule has 4 N–H and O–H groups in total. The standard InChI is InChI=1S/C14H20N2O4/c1-8-6-10(8)12-4-2-9(20-12)3-5-13(18)16-7-11(17)14(15)19/h2,4,8,10-11,17H,3,5-7H2,1H3,(H2,15,19)(H,16,18). The zero-order valence-electron chi connectivity index (χ0n) is 11.5. The molecule has 1 aliphatic rings. The highest BCUT2D eigenvalue weighted by Crippen LogP contribution is 2.47. The number of carbonyl (C=O) groups is 2. The Morgan fingerprint density at radius 1 is 1.55 bits per heavy atom. The van der Waals surface area contributed by atoms with Gasteiger partial charge in [0.2, 0.25) is 11.8 Å². The van der Waals surface area contributed by atoms with Gasteiger partial charge >= 0.3 is 0 Å². The van der Waals surface area contributed by atoms with Gasteiger partial charge in [0.15, 0.2) is 0 Å². The average Bonchev–Trinajstić information content (AvgIpc) is 2.96. The highest BCUT2D eigenvalue weighted by atomic mass is 16.3. The van der Waals surface area contributed by atoms with Crippen LogP contribution in [0, 0.1) is 5.92 Å². The highest BCUT2D eigenvalue weighted by Gasteiger charge is 2.36. The monoisotopic (exact) mass is 280 g/mol. The minimum atomic E-state index is -1.34. The van der Waals surface area contributed by atoms with Crippen LogP contribution in [0.4, 0.5) is 0 Å². The maximum absolute atomic E-state index is 11.5. The fourth-order valence-electron chi connectivity index (χ4n) is 2.08. The molecule has 2 rings (SSSR count). The van der Waals surface area contributed by atoms with Crippen molar-refractivity contribution in [2.45, 2.75) is 38.2 Å². The Balaban J connectivity index is 1.70. The first-order valence-electron chi connectivity index (χ1n) is 6.80. The summed E-state index contributed by atoms with van der Waals surface area (Å²) in [6.45, 7) is 2.03. The van der Waals surface area contributed by atoms with Crippen molar-refractivity contribution < 1.29 is 19.1 Å². The molecule has 0 aliphatic heterocycles. The number of nitrogens with one attached hydrogen (secondary N) is 1. The molecule has 1 saturated carbocycles. The van der Waals surface area contributed by atoms with E-state index in [0.717, 1.165) is 11.5 Å². The molecule has 6 heteroatoms. The number of aliphatic hydroxyl groups excluding tert-OH is 1. The molecule has 1 aromatic rings. The summed E-state index contributed by atoms with van der Waals surface area (Å²) in [6.07, 6.45) is 0.571. The Labute approximate surface area is 117 Å². The smallest absolute Gasteiger partial charge is 0.248 e. The molecule has 1 aromatic heterocycles. The highest BCUT2D eigenvalue weighted by molar-refractivity contribution is 5.80. The van der Waals surface area contributed by atoms with Gasteiger partial charge in [-0.05, 0) is 24.5 Å². The average molecular weight is 280 g/mol. The normalized spacial score (nSPS) is 22.3. The number of rotatable bonds is 7. The van der Waals surface area contributed by atoms with E-state index in [-0.39, 0.29) is 18.9 Å². The van der Waals surface area contributed by atoms with Crippen molar-refractivity contribution in [1.29, 1.82) is 0 Å². The number of hydrogen-bond acceptors (Lipinski definition) is 4. The van der Waals surface area contributed by atoms with Crippen molar-refractivity contribution in [3.8, 4) is 0 Å². The van der Waals surface area contributed by atoms with Crippen molar-refractivity contribution in [3.63, 3.8) is 0 Å². The van der Waals surface area contributed by atoms with Gasteiger partial charge in [-0.3, -0.25) is 9.59 Å². The summed E-state index contributed by atoms with van der Waals surface area (Å²) >= 11 is 0. The van der Waals surface area contributed by atoms with Crippen LogP contribution in [-0.4, -0.2) is 29.6 Å². The van der Waals surface area contributed by atoms with Gasteiger partial charge in [0.25, 0.3) is 0 Å². The van der Waals surface area contributed by atoms with Crippen LogP contribution in [-0.2, 0) is 16.0 Å². The summed E-state index contributed by atoms with van der Waals surface area (Å²) in [5.74, 6) is 1.90. The molecule has 1 heterocycles. The third-order valence-corrected chi connectivity index (χ3v) is 3.58. The van der Waals surface area contributed by atoms with Gasteiger partial charge < -0.3 is 20.6 Å². The van der Waals surface area contributed by atoms with Crippen LogP contribution in [0.2, 0.25) is 0 Å². The van der Waals surface area contributed by atoms with Crippen LogP contribution in [0.3, 0.4) is 0 Å². The third kappa shape index (κ3) is 3.84.